The third-order valence-corrected chi connectivity index (χ3v) is 6.70. The molecule has 1 aromatic carbocycles. The molecule has 5 nitrogen and oxygen atoms in total. The van der Waals surface area contributed by atoms with Gasteiger partial charge in [0.05, 0.1) is 4.90 Å². The molecule has 2 amide bonds. The van der Waals surface area contributed by atoms with Crippen molar-refractivity contribution in [3.8, 4) is 0 Å². The molecule has 2 saturated carbocycles. The van der Waals surface area contributed by atoms with Gasteiger partial charge < -0.3 is 5.32 Å². The number of nitrogens with one attached hydrogen (secondary N) is 2. The Hall–Kier alpha value is -1.56. The monoisotopic (exact) mass is 336 g/mol. The van der Waals surface area contributed by atoms with Gasteiger partial charge in [0.1, 0.15) is 0 Å². The molecule has 0 aliphatic heterocycles. The van der Waals surface area contributed by atoms with Gasteiger partial charge in [-0.25, -0.2) is 17.9 Å². The van der Waals surface area contributed by atoms with E-state index in [1.54, 1.807) is 12.1 Å². The quantitative estimate of drug-likeness (QED) is 0.888. The zero-order chi connectivity index (χ0) is 16.6. The number of urea groups is 1. The largest absolute Gasteiger partial charge is 0.335 e. The molecule has 4 atom stereocenters. The number of fused-ring (bicyclic) bond motifs is 2. The van der Waals surface area contributed by atoms with Crippen LogP contribution < -0.4 is 10.0 Å². The molecule has 2 N–H and O–H groups in total. The minimum absolute atomic E-state index is 0.00137. The van der Waals surface area contributed by atoms with Crippen LogP contribution in [0.25, 0.3) is 0 Å². The zero-order valence-corrected chi connectivity index (χ0v) is 14.4. The summed E-state index contributed by atoms with van der Waals surface area (Å²) < 4.78 is 26.5. The third-order valence-electron chi connectivity index (χ3n) is 5.35. The van der Waals surface area contributed by atoms with Gasteiger partial charge in [0.25, 0.3) is 10.0 Å². The Morgan fingerprint density at radius 2 is 1.87 bits per heavy atom. The van der Waals surface area contributed by atoms with E-state index in [1.165, 1.54) is 31.4 Å². The predicted octanol–water partition coefficient (Wildman–Crippen LogP) is 2.81. The van der Waals surface area contributed by atoms with E-state index in [1.807, 2.05) is 13.8 Å². The minimum atomic E-state index is -3.82. The fourth-order valence-corrected chi connectivity index (χ4v) is 5.06. The van der Waals surface area contributed by atoms with Crippen molar-refractivity contribution in [2.75, 3.05) is 0 Å². The van der Waals surface area contributed by atoms with Crippen LogP contribution in [0.2, 0.25) is 0 Å². The van der Waals surface area contributed by atoms with E-state index >= 15 is 0 Å². The molecule has 0 aromatic heterocycles. The Morgan fingerprint density at radius 3 is 2.43 bits per heavy atom. The second-order valence-corrected chi connectivity index (χ2v) is 8.70. The molecule has 0 saturated heterocycles. The third kappa shape index (κ3) is 3.52. The molecule has 1 aromatic rings. The van der Waals surface area contributed by atoms with E-state index in [2.05, 4.69) is 10.0 Å². The highest BCUT2D eigenvalue weighted by Gasteiger charge is 2.42. The summed E-state index contributed by atoms with van der Waals surface area (Å²) >= 11 is 0. The molecule has 2 aliphatic carbocycles. The van der Waals surface area contributed by atoms with Gasteiger partial charge in [0.2, 0.25) is 0 Å². The topological polar surface area (TPSA) is 75.3 Å². The predicted molar refractivity (Wildman–Crippen MR) is 88.4 cm³/mol. The van der Waals surface area contributed by atoms with Gasteiger partial charge in [-0.3, -0.25) is 0 Å². The van der Waals surface area contributed by atoms with Crippen LogP contribution >= 0.6 is 0 Å². The van der Waals surface area contributed by atoms with Crippen molar-refractivity contribution in [3.05, 3.63) is 29.8 Å². The first-order valence-corrected chi connectivity index (χ1v) is 9.73. The molecule has 0 spiro atoms. The number of hydrogen-bond donors (Lipinski definition) is 2. The van der Waals surface area contributed by atoms with Crippen LogP contribution in [-0.4, -0.2) is 20.5 Å². The number of rotatable bonds is 4. The zero-order valence-electron chi connectivity index (χ0n) is 13.6. The average molecular weight is 336 g/mol. The van der Waals surface area contributed by atoms with E-state index < -0.39 is 16.1 Å². The molecule has 126 valence electrons. The summed E-state index contributed by atoms with van der Waals surface area (Å²) in [5.74, 6) is 1.96. The summed E-state index contributed by atoms with van der Waals surface area (Å²) in [5, 5.41) is 2.81. The van der Waals surface area contributed by atoms with Gasteiger partial charge in [0, 0.05) is 6.04 Å². The van der Waals surface area contributed by atoms with Crippen LogP contribution in [0.15, 0.2) is 29.2 Å². The van der Waals surface area contributed by atoms with E-state index in [-0.39, 0.29) is 10.9 Å². The smallest absolute Gasteiger partial charge is 0.328 e. The highest BCUT2D eigenvalue weighted by molar-refractivity contribution is 7.90. The van der Waals surface area contributed by atoms with E-state index in [4.69, 9.17) is 0 Å². The molecule has 6 heteroatoms. The molecule has 23 heavy (non-hydrogen) atoms. The summed E-state index contributed by atoms with van der Waals surface area (Å²) in [6.07, 6.45) is 4.96. The van der Waals surface area contributed by atoms with E-state index in [0.29, 0.717) is 11.8 Å². The summed E-state index contributed by atoms with van der Waals surface area (Å²) in [5.41, 5.74) is 0.971. The molecule has 0 unspecified atom stereocenters. The molecule has 3 rings (SSSR count). The number of carbonyl (C=O) groups is 1. The fourth-order valence-electron chi connectivity index (χ4n) is 4.15. The van der Waals surface area contributed by atoms with Crippen LogP contribution in [0.5, 0.6) is 0 Å². The normalized spacial score (nSPS) is 27.7. The van der Waals surface area contributed by atoms with Crippen molar-refractivity contribution >= 4 is 16.1 Å². The standard InChI is InChI=1S/C17H24N2O3S/c1-11-3-7-15(8-4-11)23(21,22)19-17(20)18-12(2)16-10-13-5-6-14(16)9-13/h3-4,7-8,12-14,16H,5-6,9-10H2,1-2H3,(H2,18,19,20)/t12-,13-,14-,16-/m1/s1. The second kappa shape index (κ2) is 6.15. The lowest BCUT2D eigenvalue weighted by molar-refractivity contribution is 0.224. The molecule has 2 aliphatic rings. The first-order valence-electron chi connectivity index (χ1n) is 8.25. The highest BCUT2D eigenvalue weighted by atomic mass is 32.2. The molecule has 0 radical (unpaired) electrons. The summed E-state index contributed by atoms with van der Waals surface area (Å²) in [6, 6.07) is 5.79. The van der Waals surface area contributed by atoms with Gasteiger partial charge in [-0.1, -0.05) is 24.1 Å². The van der Waals surface area contributed by atoms with Crippen molar-refractivity contribution in [1.29, 1.82) is 0 Å². The van der Waals surface area contributed by atoms with Gasteiger partial charge in [-0.2, -0.15) is 0 Å². The Morgan fingerprint density at radius 1 is 1.17 bits per heavy atom. The summed E-state index contributed by atoms with van der Waals surface area (Å²) in [4.78, 5) is 12.2. The van der Waals surface area contributed by atoms with Gasteiger partial charge >= 0.3 is 6.03 Å². The lowest BCUT2D eigenvalue weighted by Gasteiger charge is -2.28. The Bertz CT molecular complexity index is 684. The molecule has 0 heterocycles. The number of aryl methyl sites for hydroxylation is 1. The summed E-state index contributed by atoms with van der Waals surface area (Å²) in [7, 11) is -3.82. The number of amides is 2. The van der Waals surface area contributed by atoms with Gasteiger partial charge in [-0.15, -0.1) is 0 Å². The van der Waals surface area contributed by atoms with Crippen LogP contribution in [0.4, 0.5) is 4.79 Å². The number of sulfonamides is 1. The van der Waals surface area contributed by atoms with Crippen molar-refractivity contribution < 1.29 is 13.2 Å². The number of hydrogen-bond acceptors (Lipinski definition) is 3. The van der Waals surface area contributed by atoms with Crippen molar-refractivity contribution in [1.82, 2.24) is 10.0 Å². The first-order chi connectivity index (χ1) is 10.8. The number of carbonyl (C=O) groups excluding carboxylic acids is 1. The molecular weight excluding hydrogens is 312 g/mol. The van der Waals surface area contributed by atoms with Gasteiger partial charge in [0.15, 0.2) is 0 Å². The highest BCUT2D eigenvalue weighted by Crippen LogP contribution is 2.49. The molecular formula is C17H24N2O3S. The van der Waals surface area contributed by atoms with E-state index in [0.717, 1.165) is 17.9 Å². The van der Waals surface area contributed by atoms with Crippen LogP contribution in [0.3, 0.4) is 0 Å². The van der Waals surface area contributed by atoms with Gasteiger partial charge in [-0.05, 0) is 63.0 Å². The van der Waals surface area contributed by atoms with Crippen LogP contribution in [-0.2, 0) is 10.0 Å². The summed E-state index contributed by atoms with van der Waals surface area (Å²) in [6.45, 7) is 3.86. The van der Waals surface area contributed by atoms with Crippen LogP contribution in [0, 0.1) is 24.7 Å². The molecule has 2 bridgehead atoms. The molecule has 2 fully saturated rings. The Balaban J connectivity index is 1.59. The lowest BCUT2D eigenvalue weighted by atomic mass is 9.84. The Kier molecular flexibility index (Phi) is 4.36. The lowest BCUT2D eigenvalue weighted by Crippen LogP contribution is -2.46. The minimum Gasteiger partial charge on any atom is -0.335 e. The maximum Gasteiger partial charge on any atom is 0.328 e. The number of benzene rings is 1. The van der Waals surface area contributed by atoms with E-state index in [9.17, 15) is 13.2 Å². The Labute approximate surface area is 137 Å². The van der Waals surface area contributed by atoms with Crippen molar-refractivity contribution in [3.63, 3.8) is 0 Å². The fraction of sp³-hybridized carbons (Fsp3) is 0.588. The SMILES string of the molecule is Cc1ccc(S(=O)(=O)NC(=O)N[C@H](C)[C@H]2C[C@@H]3CC[C@@H]2C3)cc1. The second-order valence-electron chi connectivity index (χ2n) is 7.02. The first kappa shape index (κ1) is 16.3. The maximum atomic E-state index is 12.2. The van der Waals surface area contributed by atoms with Crippen molar-refractivity contribution in [2.24, 2.45) is 17.8 Å². The van der Waals surface area contributed by atoms with Crippen LogP contribution in [0.1, 0.15) is 38.2 Å². The van der Waals surface area contributed by atoms with Crippen molar-refractivity contribution in [2.45, 2.75) is 50.5 Å². The maximum absolute atomic E-state index is 12.2. The average Bonchev–Trinajstić information content (AvgIpc) is 3.09.